The van der Waals surface area contributed by atoms with Gasteiger partial charge < -0.3 is 0 Å². The third-order valence-corrected chi connectivity index (χ3v) is 5.12. The molecule has 0 radical (unpaired) electrons. The van der Waals surface area contributed by atoms with Crippen LogP contribution in [0.3, 0.4) is 0 Å². The SMILES string of the molecule is CCC1CCC(n2nc(C)c(Br)c2C)CC1. The smallest absolute Gasteiger partial charge is 0.0738 e. The van der Waals surface area contributed by atoms with Crippen molar-refractivity contribution in [3.8, 4) is 0 Å². The summed E-state index contributed by atoms with van der Waals surface area (Å²) in [4.78, 5) is 0. The fraction of sp³-hybridized carbons (Fsp3) is 0.769. The zero-order valence-electron chi connectivity index (χ0n) is 10.5. The summed E-state index contributed by atoms with van der Waals surface area (Å²) in [5.74, 6) is 0.955. The lowest BCUT2D eigenvalue weighted by molar-refractivity contribution is 0.253. The molecule has 0 aliphatic heterocycles. The van der Waals surface area contributed by atoms with Gasteiger partial charge in [0, 0.05) is 0 Å². The molecule has 1 aromatic rings. The van der Waals surface area contributed by atoms with Crippen LogP contribution in [-0.4, -0.2) is 9.78 Å². The Morgan fingerprint density at radius 2 is 1.88 bits per heavy atom. The van der Waals surface area contributed by atoms with Gasteiger partial charge in [0.15, 0.2) is 0 Å². The molecule has 1 heterocycles. The Bertz CT molecular complexity index is 362. The zero-order valence-corrected chi connectivity index (χ0v) is 12.0. The number of aryl methyl sites for hydroxylation is 1. The van der Waals surface area contributed by atoms with Gasteiger partial charge in [0.25, 0.3) is 0 Å². The van der Waals surface area contributed by atoms with E-state index < -0.39 is 0 Å². The van der Waals surface area contributed by atoms with E-state index in [0.717, 1.165) is 11.6 Å². The highest BCUT2D eigenvalue weighted by atomic mass is 79.9. The van der Waals surface area contributed by atoms with Crippen molar-refractivity contribution < 1.29 is 0 Å². The van der Waals surface area contributed by atoms with Crippen molar-refractivity contribution in [3.05, 3.63) is 15.9 Å². The molecule has 0 spiro atoms. The summed E-state index contributed by atoms with van der Waals surface area (Å²) in [5.41, 5.74) is 2.41. The van der Waals surface area contributed by atoms with Crippen LogP contribution in [0.1, 0.15) is 56.5 Å². The van der Waals surface area contributed by atoms with Gasteiger partial charge in [-0.1, -0.05) is 13.3 Å². The Morgan fingerprint density at radius 3 is 2.31 bits per heavy atom. The zero-order chi connectivity index (χ0) is 11.7. The summed E-state index contributed by atoms with van der Waals surface area (Å²) in [5, 5.41) is 4.65. The summed E-state index contributed by atoms with van der Waals surface area (Å²) in [6.45, 7) is 6.55. The highest BCUT2D eigenvalue weighted by Gasteiger charge is 2.23. The van der Waals surface area contributed by atoms with Crippen LogP contribution in [0.15, 0.2) is 4.47 Å². The van der Waals surface area contributed by atoms with Crippen molar-refractivity contribution in [2.75, 3.05) is 0 Å². The van der Waals surface area contributed by atoms with Crippen molar-refractivity contribution >= 4 is 15.9 Å². The second kappa shape index (κ2) is 4.91. The molecule has 1 fully saturated rings. The Kier molecular flexibility index (Phi) is 3.73. The fourth-order valence-electron chi connectivity index (χ4n) is 2.80. The molecule has 90 valence electrons. The van der Waals surface area contributed by atoms with E-state index in [9.17, 15) is 0 Å². The largest absolute Gasteiger partial charge is 0.265 e. The first-order chi connectivity index (χ1) is 7.63. The number of hydrogen-bond acceptors (Lipinski definition) is 1. The van der Waals surface area contributed by atoms with Gasteiger partial charge in [0.05, 0.1) is 21.9 Å². The van der Waals surface area contributed by atoms with E-state index in [0.29, 0.717) is 6.04 Å². The maximum atomic E-state index is 4.65. The van der Waals surface area contributed by atoms with Crippen LogP contribution in [0, 0.1) is 19.8 Å². The van der Waals surface area contributed by atoms with Gasteiger partial charge in [-0.25, -0.2) is 0 Å². The van der Waals surface area contributed by atoms with Crippen LogP contribution in [0.25, 0.3) is 0 Å². The van der Waals surface area contributed by atoms with Crippen LogP contribution >= 0.6 is 15.9 Å². The van der Waals surface area contributed by atoms with Crippen molar-refractivity contribution in [3.63, 3.8) is 0 Å². The second-order valence-corrected chi connectivity index (χ2v) is 5.81. The molecular formula is C13H21BrN2. The summed E-state index contributed by atoms with van der Waals surface area (Å²) in [6.07, 6.45) is 6.68. The molecule has 0 amide bonds. The first-order valence-electron chi connectivity index (χ1n) is 6.34. The standard InChI is InChI=1S/C13H21BrN2/c1-4-11-5-7-12(8-6-11)16-10(3)13(14)9(2)15-16/h11-12H,4-8H2,1-3H3. The predicted molar refractivity (Wildman–Crippen MR) is 70.7 cm³/mol. The minimum absolute atomic E-state index is 0.632. The number of nitrogens with zero attached hydrogens (tertiary/aromatic N) is 2. The van der Waals surface area contributed by atoms with E-state index in [2.05, 4.69) is 46.5 Å². The Balaban J connectivity index is 2.11. The third-order valence-electron chi connectivity index (χ3n) is 3.98. The second-order valence-electron chi connectivity index (χ2n) is 5.01. The maximum absolute atomic E-state index is 4.65. The molecule has 0 bridgehead atoms. The molecule has 1 aliphatic rings. The monoisotopic (exact) mass is 284 g/mol. The first kappa shape index (κ1) is 12.2. The highest BCUT2D eigenvalue weighted by molar-refractivity contribution is 9.10. The molecule has 0 unspecified atom stereocenters. The van der Waals surface area contributed by atoms with E-state index in [-0.39, 0.29) is 0 Å². The van der Waals surface area contributed by atoms with E-state index in [1.54, 1.807) is 0 Å². The van der Waals surface area contributed by atoms with Crippen molar-refractivity contribution in [1.29, 1.82) is 0 Å². The molecule has 1 saturated carbocycles. The maximum Gasteiger partial charge on any atom is 0.0738 e. The summed E-state index contributed by atoms with van der Waals surface area (Å²) < 4.78 is 3.43. The van der Waals surface area contributed by atoms with Crippen molar-refractivity contribution in [2.45, 2.75) is 58.9 Å². The first-order valence-corrected chi connectivity index (χ1v) is 7.14. The van der Waals surface area contributed by atoms with Gasteiger partial charge in [-0.15, -0.1) is 0 Å². The molecule has 1 aromatic heterocycles. The summed E-state index contributed by atoms with van der Waals surface area (Å²) in [7, 11) is 0. The molecule has 3 heteroatoms. The summed E-state index contributed by atoms with van der Waals surface area (Å²) >= 11 is 3.61. The minimum Gasteiger partial charge on any atom is -0.265 e. The predicted octanol–water partition coefficient (Wildman–Crippen LogP) is 4.40. The van der Waals surface area contributed by atoms with E-state index in [1.807, 2.05) is 0 Å². The summed E-state index contributed by atoms with van der Waals surface area (Å²) in [6, 6.07) is 0.632. The average Bonchev–Trinajstić information content (AvgIpc) is 2.57. The van der Waals surface area contributed by atoms with E-state index in [1.165, 1.54) is 42.3 Å². The van der Waals surface area contributed by atoms with Crippen LogP contribution in [-0.2, 0) is 0 Å². The number of aromatic nitrogens is 2. The lowest BCUT2D eigenvalue weighted by Gasteiger charge is -2.28. The lowest BCUT2D eigenvalue weighted by atomic mass is 9.84. The Morgan fingerprint density at radius 1 is 1.25 bits per heavy atom. The van der Waals surface area contributed by atoms with Gasteiger partial charge in [0.1, 0.15) is 0 Å². The Hall–Kier alpha value is -0.310. The van der Waals surface area contributed by atoms with E-state index >= 15 is 0 Å². The van der Waals surface area contributed by atoms with Gasteiger partial charge in [-0.2, -0.15) is 5.10 Å². The molecule has 16 heavy (non-hydrogen) atoms. The van der Waals surface area contributed by atoms with Gasteiger partial charge in [-0.05, 0) is 61.4 Å². The van der Waals surface area contributed by atoms with Crippen molar-refractivity contribution in [1.82, 2.24) is 9.78 Å². The molecular weight excluding hydrogens is 264 g/mol. The normalized spacial score (nSPS) is 26.0. The number of halogens is 1. The highest BCUT2D eigenvalue weighted by Crippen LogP contribution is 2.35. The molecule has 1 aliphatic carbocycles. The molecule has 2 nitrogen and oxygen atoms in total. The van der Waals surface area contributed by atoms with Gasteiger partial charge in [-0.3, -0.25) is 4.68 Å². The van der Waals surface area contributed by atoms with Crippen LogP contribution < -0.4 is 0 Å². The van der Waals surface area contributed by atoms with E-state index in [4.69, 9.17) is 0 Å². The molecule has 0 aromatic carbocycles. The molecule has 0 saturated heterocycles. The fourth-order valence-corrected chi connectivity index (χ4v) is 3.06. The average molecular weight is 285 g/mol. The lowest BCUT2D eigenvalue weighted by Crippen LogP contribution is -2.19. The third kappa shape index (κ3) is 2.20. The minimum atomic E-state index is 0.632. The quantitative estimate of drug-likeness (QED) is 0.787. The topological polar surface area (TPSA) is 17.8 Å². The number of rotatable bonds is 2. The molecule has 0 atom stereocenters. The van der Waals surface area contributed by atoms with Gasteiger partial charge in [0.2, 0.25) is 0 Å². The molecule has 2 rings (SSSR count). The molecule has 0 N–H and O–H groups in total. The van der Waals surface area contributed by atoms with Gasteiger partial charge >= 0.3 is 0 Å². The van der Waals surface area contributed by atoms with Crippen LogP contribution in [0.2, 0.25) is 0 Å². The van der Waals surface area contributed by atoms with Crippen LogP contribution in [0.4, 0.5) is 0 Å². The Labute approximate surface area is 107 Å². The van der Waals surface area contributed by atoms with Crippen LogP contribution in [0.5, 0.6) is 0 Å². The van der Waals surface area contributed by atoms with Crippen molar-refractivity contribution in [2.24, 2.45) is 5.92 Å². The number of hydrogen-bond donors (Lipinski definition) is 0.